The van der Waals surface area contributed by atoms with Crippen molar-refractivity contribution >= 4 is 23.5 Å². The van der Waals surface area contributed by atoms with Gasteiger partial charge in [-0.3, -0.25) is 0 Å². The summed E-state index contributed by atoms with van der Waals surface area (Å²) in [6, 6.07) is 14.1. The highest BCUT2D eigenvalue weighted by Gasteiger charge is 2.66. The molecule has 1 unspecified atom stereocenters. The fraction of sp³-hybridized carbons (Fsp3) is 0.562. The van der Waals surface area contributed by atoms with Crippen LogP contribution >= 0.6 is 0 Å². The average molecular weight is 464 g/mol. The van der Waals surface area contributed by atoms with Crippen LogP contribution in [-0.4, -0.2) is 18.3 Å². The van der Waals surface area contributed by atoms with Gasteiger partial charge in [-0.15, -0.1) is 0 Å². The molecule has 5 fully saturated rings. The molecule has 2 aromatic carbocycles. The van der Waals surface area contributed by atoms with E-state index in [0.717, 1.165) is 30.1 Å². The molecule has 1 spiro atoms. The molecule has 4 bridgehead atoms. The molecular formula is C32H37BO2. The molecule has 0 N–H and O–H groups in total. The summed E-state index contributed by atoms with van der Waals surface area (Å²) in [5.41, 5.74) is 5.92. The molecule has 3 heteroatoms. The zero-order chi connectivity index (χ0) is 23.7. The van der Waals surface area contributed by atoms with Gasteiger partial charge in [0.2, 0.25) is 0 Å². The fourth-order valence-electron chi connectivity index (χ4n) is 9.56. The zero-order valence-corrected chi connectivity index (χ0v) is 21.6. The Morgan fingerprint density at radius 3 is 2.03 bits per heavy atom. The van der Waals surface area contributed by atoms with Crippen LogP contribution < -0.4 is 0 Å². The molecule has 0 radical (unpaired) electrons. The monoisotopic (exact) mass is 464 g/mol. The van der Waals surface area contributed by atoms with Crippen molar-refractivity contribution in [1.82, 2.24) is 0 Å². The zero-order valence-electron chi connectivity index (χ0n) is 21.6. The predicted molar refractivity (Wildman–Crippen MR) is 143 cm³/mol. The van der Waals surface area contributed by atoms with Gasteiger partial charge < -0.3 is 9.31 Å². The van der Waals surface area contributed by atoms with E-state index in [2.05, 4.69) is 76.2 Å². The minimum atomic E-state index is -0.295. The smallest absolute Gasteiger partial charge is 0.403 e. The lowest BCUT2D eigenvalue weighted by Gasteiger charge is -2.62. The van der Waals surface area contributed by atoms with Crippen LogP contribution in [0.2, 0.25) is 5.82 Å². The van der Waals surface area contributed by atoms with Crippen LogP contribution in [0.15, 0.2) is 54.1 Å². The summed E-state index contributed by atoms with van der Waals surface area (Å²) >= 11 is 0. The van der Waals surface area contributed by atoms with Crippen LogP contribution in [0.4, 0.5) is 0 Å². The van der Waals surface area contributed by atoms with Gasteiger partial charge in [0.25, 0.3) is 0 Å². The third-order valence-corrected chi connectivity index (χ3v) is 11.4. The van der Waals surface area contributed by atoms with Crippen LogP contribution in [0, 0.1) is 23.7 Å². The Balaban J connectivity index is 1.37. The molecule has 4 saturated carbocycles. The Labute approximate surface area is 210 Å². The van der Waals surface area contributed by atoms with E-state index >= 15 is 0 Å². The summed E-state index contributed by atoms with van der Waals surface area (Å²) < 4.78 is 13.6. The lowest BCUT2D eigenvalue weighted by molar-refractivity contribution is -0.0437. The second-order valence-electron chi connectivity index (χ2n) is 13.6. The van der Waals surface area contributed by atoms with Gasteiger partial charge in [-0.1, -0.05) is 36.4 Å². The van der Waals surface area contributed by atoms with Gasteiger partial charge in [-0.2, -0.15) is 0 Å². The molecule has 0 aromatic heterocycles. The highest BCUT2D eigenvalue weighted by molar-refractivity contribution is 6.49. The molecule has 2 nitrogen and oxygen atoms in total. The summed E-state index contributed by atoms with van der Waals surface area (Å²) in [6.07, 6.45) is 13.0. The highest BCUT2D eigenvalue weighted by Crippen LogP contribution is 2.72. The predicted octanol–water partition coefficient (Wildman–Crippen LogP) is 7.72. The van der Waals surface area contributed by atoms with E-state index < -0.39 is 0 Å². The average Bonchev–Trinajstić information content (AvgIpc) is 3.22. The van der Waals surface area contributed by atoms with E-state index in [-0.39, 0.29) is 23.7 Å². The van der Waals surface area contributed by atoms with Crippen molar-refractivity contribution in [2.24, 2.45) is 23.7 Å². The first-order valence-corrected chi connectivity index (χ1v) is 14.1. The van der Waals surface area contributed by atoms with Gasteiger partial charge in [0.05, 0.1) is 11.2 Å². The molecule has 9 rings (SSSR count). The van der Waals surface area contributed by atoms with E-state index in [4.69, 9.17) is 9.31 Å². The molecule has 1 aliphatic heterocycles. The van der Waals surface area contributed by atoms with Crippen LogP contribution in [0.1, 0.15) is 77.3 Å². The van der Waals surface area contributed by atoms with Crippen LogP contribution in [0.25, 0.3) is 16.3 Å². The van der Waals surface area contributed by atoms with E-state index in [9.17, 15) is 0 Å². The maximum atomic E-state index is 6.78. The van der Waals surface area contributed by atoms with Gasteiger partial charge in [-0.25, -0.2) is 0 Å². The molecule has 6 aliphatic carbocycles. The Bertz CT molecular complexity index is 1270. The first-order valence-electron chi connectivity index (χ1n) is 14.1. The third kappa shape index (κ3) is 2.60. The van der Waals surface area contributed by atoms with Gasteiger partial charge in [-0.05, 0) is 135 Å². The van der Waals surface area contributed by atoms with Gasteiger partial charge in [0, 0.05) is 11.2 Å². The minimum Gasteiger partial charge on any atom is -0.403 e. The van der Waals surface area contributed by atoms with Gasteiger partial charge in [0.1, 0.15) is 0 Å². The van der Waals surface area contributed by atoms with E-state index in [1.165, 1.54) is 54.0 Å². The molecule has 35 heavy (non-hydrogen) atoms. The standard InChI is InChI=1S/C32H37BO2/c1-30(2)31(3,4)35-33(34-30)28-11-7-10-25-26-17-21-8-5-6-9-22(21)18-27(26)32(29(25)28)23-13-19-12-20(15-23)16-24(32)14-19/h5-10,17-20,23-24,28H,11-16H2,1-4H3. The normalized spacial score (nSPS) is 39.7. The number of hydrogen-bond donors (Lipinski definition) is 0. The van der Waals surface area contributed by atoms with E-state index in [1.807, 2.05) is 0 Å². The lowest BCUT2D eigenvalue weighted by atomic mass is 9.40. The second kappa shape index (κ2) is 6.72. The van der Waals surface area contributed by atoms with Crippen molar-refractivity contribution in [1.29, 1.82) is 0 Å². The van der Waals surface area contributed by atoms with Gasteiger partial charge in [0.15, 0.2) is 0 Å². The molecule has 1 heterocycles. The SMILES string of the molecule is CC1(C)OB(C2CC=CC3=C2C2(c4cc5ccccc5cc43)C3CC4CC(C3)CC2C4)OC1(C)C. The van der Waals surface area contributed by atoms with Crippen molar-refractivity contribution in [2.45, 2.75) is 88.7 Å². The number of hydrogen-bond acceptors (Lipinski definition) is 2. The summed E-state index contributed by atoms with van der Waals surface area (Å²) in [5, 5.41) is 2.76. The summed E-state index contributed by atoms with van der Waals surface area (Å²) in [6.45, 7) is 8.82. The number of rotatable bonds is 1. The minimum absolute atomic E-state index is 0.168. The van der Waals surface area contributed by atoms with Crippen molar-refractivity contribution in [3.8, 4) is 0 Å². The maximum absolute atomic E-state index is 6.78. The summed E-state index contributed by atoms with van der Waals surface area (Å²) in [7, 11) is -0.173. The number of fused-ring (bicyclic) bond motifs is 3. The lowest BCUT2D eigenvalue weighted by Crippen LogP contribution is -2.57. The van der Waals surface area contributed by atoms with Crippen molar-refractivity contribution < 1.29 is 9.31 Å². The number of allylic oxidation sites excluding steroid dienone is 4. The summed E-state index contributed by atoms with van der Waals surface area (Å²) in [5.74, 6) is 3.73. The molecule has 1 atom stereocenters. The quantitative estimate of drug-likeness (QED) is 0.402. The van der Waals surface area contributed by atoms with Crippen molar-refractivity contribution in [2.75, 3.05) is 0 Å². The van der Waals surface area contributed by atoms with Gasteiger partial charge >= 0.3 is 7.12 Å². The molecule has 7 aliphatic rings. The first kappa shape index (κ1) is 21.3. The topological polar surface area (TPSA) is 18.5 Å². The first-order chi connectivity index (χ1) is 16.8. The fourth-order valence-corrected chi connectivity index (χ4v) is 9.56. The number of benzene rings is 2. The Morgan fingerprint density at radius 2 is 1.40 bits per heavy atom. The Kier molecular flexibility index (Phi) is 4.09. The van der Waals surface area contributed by atoms with E-state index in [0.29, 0.717) is 5.82 Å². The third-order valence-electron chi connectivity index (χ3n) is 11.4. The Morgan fingerprint density at radius 1 is 0.800 bits per heavy atom. The molecule has 0 amide bonds. The van der Waals surface area contributed by atoms with Crippen molar-refractivity contribution in [3.63, 3.8) is 0 Å². The largest absolute Gasteiger partial charge is 0.465 e. The highest BCUT2D eigenvalue weighted by atomic mass is 16.7. The Hall–Kier alpha value is -1.84. The molecule has 180 valence electrons. The van der Waals surface area contributed by atoms with Crippen LogP contribution in [0.3, 0.4) is 0 Å². The molecule has 2 aromatic rings. The maximum Gasteiger partial charge on any atom is 0.465 e. The van der Waals surface area contributed by atoms with Crippen LogP contribution in [0.5, 0.6) is 0 Å². The molecule has 1 saturated heterocycles. The van der Waals surface area contributed by atoms with Crippen LogP contribution in [-0.2, 0) is 14.7 Å². The van der Waals surface area contributed by atoms with Crippen molar-refractivity contribution in [3.05, 3.63) is 65.3 Å². The second-order valence-corrected chi connectivity index (χ2v) is 13.6. The summed E-state index contributed by atoms with van der Waals surface area (Å²) in [4.78, 5) is 0. The van der Waals surface area contributed by atoms with E-state index in [1.54, 1.807) is 11.1 Å². The molecular weight excluding hydrogens is 427 g/mol.